The van der Waals surface area contributed by atoms with Gasteiger partial charge >= 0.3 is 0 Å². The number of allylic oxidation sites excluding steroid dienone is 2. The molecule has 2 heteroatoms. The molecule has 0 aliphatic carbocycles. The summed E-state index contributed by atoms with van der Waals surface area (Å²) in [7, 11) is 0. The summed E-state index contributed by atoms with van der Waals surface area (Å²) in [4.78, 5) is 0. The number of hydrogen-bond donors (Lipinski definition) is 1. The first-order valence-corrected chi connectivity index (χ1v) is 4.80. The van der Waals surface area contributed by atoms with Gasteiger partial charge in [-0.3, -0.25) is 0 Å². The Morgan fingerprint density at radius 3 is 2.00 bits per heavy atom. The molecule has 0 fully saturated rings. The SMILES string of the molecule is C=CC=C.NCCc1ccc(Cl)cc1. The second kappa shape index (κ2) is 8.54. The van der Waals surface area contributed by atoms with Gasteiger partial charge in [-0.1, -0.05) is 49.0 Å². The van der Waals surface area contributed by atoms with Gasteiger partial charge in [-0.25, -0.2) is 0 Å². The number of benzene rings is 1. The van der Waals surface area contributed by atoms with E-state index in [0.29, 0.717) is 6.54 Å². The molecule has 0 saturated carbocycles. The van der Waals surface area contributed by atoms with Gasteiger partial charge in [0.2, 0.25) is 0 Å². The summed E-state index contributed by atoms with van der Waals surface area (Å²) < 4.78 is 0. The molecule has 0 heterocycles. The third-order valence-electron chi connectivity index (χ3n) is 1.51. The highest BCUT2D eigenvalue weighted by Crippen LogP contribution is 2.09. The Morgan fingerprint density at radius 1 is 1.14 bits per heavy atom. The Hall–Kier alpha value is -1.05. The lowest BCUT2D eigenvalue weighted by Gasteiger charge is -1.96. The zero-order chi connectivity index (χ0) is 10.8. The molecule has 1 aromatic rings. The third kappa shape index (κ3) is 6.46. The number of hydrogen-bond acceptors (Lipinski definition) is 1. The molecule has 0 saturated heterocycles. The van der Waals surface area contributed by atoms with Crippen molar-refractivity contribution >= 4 is 11.6 Å². The lowest BCUT2D eigenvalue weighted by Crippen LogP contribution is -2.01. The lowest BCUT2D eigenvalue weighted by atomic mass is 10.2. The smallest absolute Gasteiger partial charge is 0.0406 e. The van der Waals surface area contributed by atoms with Crippen LogP contribution >= 0.6 is 11.6 Å². The second-order valence-electron chi connectivity index (χ2n) is 2.64. The Balaban J connectivity index is 0.000000364. The summed E-state index contributed by atoms with van der Waals surface area (Å²) >= 11 is 5.68. The first kappa shape index (κ1) is 12.9. The highest BCUT2D eigenvalue weighted by Gasteiger charge is 1.89. The van der Waals surface area contributed by atoms with E-state index in [0.717, 1.165) is 11.4 Å². The van der Waals surface area contributed by atoms with E-state index in [1.54, 1.807) is 12.2 Å². The molecule has 0 atom stereocenters. The summed E-state index contributed by atoms with van der Waals surface area (Å²) in [6, 6.07) is 7.75. The maximum Gasteiger partial charge on any atom is 0.0406 e. The maximum atomic E-state index is 5.68. The predicted octanol–water partition coefficient (Wildman–Crippen LogP) is 3.20. The largest absolute Gasteiger partial charge is 0.330 e. The Morgan fingerprint density at radius 2 is 1.64 bits per heavy atom. The highest BCUT2D eigenvalue weighted by atomic mass is 35.5. The molecular formula is C12H16ClN. The zero-order valence-electron chi connectivity index (χ0n) is 8.25. The van der Waals surface area contributed by atoms with Gasteiger partial charge in [-0.2, -0.15) is 0 Å². The van der Waals surface area contributed by atoms with E-state index in [1.807, 2.05) is 24.3 Å². The van der Waals surface area contributed by atoms with Crippen LogP contribution in [0, 0.1) is 0 Å². The Labute approximate surface area is 90.9 Å². The van der Waals surface area contributed by atoms with Gasteiger partial charge < -0.3 is 5.73 Å². The van der Waals surface area contributed by atoms with E-state index >= 15 is 0 Å². The van der Waals surface area contributed by atoms with E-state index in [1.165, 1.54) is 5.56 Å². The first-order valence-electron chi connectivity index (χ1n) is 4.42. The molecule has 1 rings (SSSR count). The first-order chi connectivity index (χ1) is 6.74. The fraction of sp³-hybridized carbons (Fsp3) is 0.167. The van der Waals surface area contributed by atoms with Gasteiger partial charge in [0.1, 0.15) is 0 Å². The van der Waals surface area contributed by atoms with Crippen LogP contribution in [0.3, 0.4) is 0 Å². The van der Waals surface area contributed by atoms with Crippen LogP contribution < -0.4 is 5.73 Å². The van der Waals surface area contributed by atoms with E-state index in [4.69, 9.17) is 17.3 Å². The average molecular weight is 210 g/mol. The summed E-state index contributed by atoms with van der Waals surface area (Å²) in [5.41, 5.74) is 6.61. The van der Waals surface area contributed by atoms with Crippen LogP contribution in [0.4, 0.5) is 0 Å². The minimum absolute atomic E-state index is 0.696. The normalized spacial score (nSPS) is 8.43. The molecule has 14 heavy (non-hydrogen) atoms. The molecule has 0 spiro atoms. The maximum absolute atomic E-state index is 5.68. The van der Waals surface area contributed by atoms with Crippen LogP contribution in [0.15, 0.2) is 49.6 Å². The van der Waals surface area contributed by atoms with Crippen molar-refractivity contribution in [2.75, 3.05) is 6.54 Å². The van der Waals surface area contributed by atoms with E-state index in [9.17, 15) is 0 Å². The summed E-state index contributed by atoms with van der Waals surface area (Å²) in [5, 5.41) is 0.778. The lowest BCUT2D eigenvalue weighted by molar-refractivity contribution is 0.969. The fourth-order valence-corrected chi connectivity index (χ4v) is 0.944. The van der Waals surface area contributed by atoms with Crippen LogP contribution in [-0.2, 0) is 6.42 Å². The van der Waals surface area contributed by atoms with Crippen molar-refractivity contribution < 1.29 is 0 Å². The van der Waals surface area contributed by atoms with Gasteiger partial charge in [0.15, 0.2) is 0 Å². The monoisotopic (exact) mass is 209 g/mol. The molecule has 0 aliphatic rings. The minimum Gasteiger partial charge on any atom is -0.330 e. The van der Waals surface area contributed by atoms with Crippen LogP contribution in [0.5, 0.6) is 0 Å². The number of halogens is 1. The van der Waals surface area contributed by atoms with Crippen molar-refractivity contribution in [3.8, 4) is 0 Å². The molecule has 76 valence electrons. The number of nitrogens with two attached hydrogens (primary N) is 1. The average Bonchev–Trinajstić information content (AvgIpc) is 2.22. The second-order valence-corrected chi connectivity index (χ2v) is 3.07. The standard InChI is InChI=1S/C8H10ClN.C4H6/c9-8-3-1-7(2-4-8)5-6-10;1-3-4-2/h1-4H,5-6,10H2;3-4H,1-2H2. The van der Waals surface area contributed by atoms with Crippen molar-refractivity contribution in [3.05, 3.63) is 60.2 Å². The zero-order valence-corrected chi connectivity index (χ0v) is 9.00. The van der Waals surface area contributed by atoms with Crippen LogP contribution in [0.25, 0.3) is 0 Å². The Kier molecular flexibility index (Phi) is 7.90. The molecular weight excluding hydrogens is 194 g/mol. The Bertz CT molecular complexity index is 258. The van der Waals surface area contributed by atoms with Gasteiger partial charge in [0.25, 0.3) is 0 Å². The van der Waals surface area contributed by atoms with Crippen molar-refractivity contribution in [1.82, 2.24) is 0 Å². The molecule has 1 nitrogen and oxygen atoms in total. The third-order valence-corrected chi connectivity index (χ3v) is 1.76. The minimum atomic E-state index is 0.696. The van der Waals surface area contributed by atoms with Crippen molar-refractivity contribution in [1.29, 1.82) is 0 Å². The molecule has 0 unspecified atom stereocenters. The van der Waals surface area contributed by atoms with Gasteiger partial charge in [-0.05, 0) is 30.7 Å². The predicted molar refractivity (Wildman–Crippen MR) is 64.6 cm³/mol. The molecule has 1 aromatic carbocycles. The summed E-state index contributed by atoms with van der Waals surface area (Å²) in [6.07, 6.45) is 4.21. The van der Waals surface area contributed by atoms with Crippen LogP contribution in [0.2, 0.25) is 5.02 Å². The van der Waals surface area contributed by atoms with Crippen molar-refractivity contribution in [3.63, 3.8) is 0 Å². The number of rotatable bonds is 3. The van der Waals surface area contributed by atoms with E-state index in [2.05, 4.69) is 13.2 Å². The van der Waals surface area contributed by atoms with Gasteiger partial charge in [0, 0.05) is 5.02 Å². The molecule has 0 radical (unpaired) electrons. The van der Waals surface area contributed by atoms with E-state index in [-0.39, 0.29) is 0 Å². The van der Waals surface area contributed by atoms with Crippen molar-refractivity contribution in [2.24, 2.45) is 5.73 Å². The van der Waals surface area contributed by atoms with Gasteiger partial charge in [0.05, 0.1) is 0 Å². The highest BCUT2D eigenvalue weighted by molar-refractivity contribution is 6.30. The molecule has 0 bridgehead atoms. The van der Waals surface area contributed by atoms with Crippen LogP contribution in [0.1, 0.15) is 5.56 Å². The summed E-state index contributed by atoms with van der Waals surface area (Å²) in [6.45, 7) is 7.42. The van der Waals surface area contributed by atoms with Crippen molar-refractivity contribution in [2.45, 2.75) is 6.42 Å². The molecule has 0 aromatic heterocycles. The van der Waals surface area contributed by atoms with E-state index < -0.39 is 0 Å². The molecule has 0 amide bonds. The van der Waals surface area contributed by atoms with Crippen LogP contribution in [-0.4, -0.2) is 6.54 Å². The summed E-state index contributed by atoms with van der Waals surface area (Å²) in [5.74, 6) is 0. The molecule has 0 aliphatic heterocycles. The molecule has 2 N–H and O–H groups in total. The topological polar surface area (TPSA) is 26.0 Å². The quantitative estimate of drug-likeness (QED) is 0.761. The fourth-order valence-electron chi connectivity index (χ4n) is 0.818. The van der Waals surface area contributed by atoms with Gasteiger partial charge in [-0.15, -0.1) is 0 Å².